The Kier molecular flexibility index (Phi) is 3.42. The first-order chi connectivity index (χ1) is 6.15. The highest BCUT2D eigenvalue weighted by atomic mass is 79.9. The first-order valence-electron chi connectivity index (χ1n) is 3.90. The van der Waals surface area contributed by atoms with E-state index in [1.807, 2.05) is 6.92 Å². The maximum Gasteiger partial charge on any atom is 0.126 e. The van der Waals surface area contributed by atoms with Crippen LogP contribution in [0.2, 0.25) is 0 Å². The first kappa shape index (κ1) is 10.2. The van der Waals surface area contributed by atoms with Gasteiger partial charge in [0.05, 0.1) is 0 Å². The number of nitrogens with zero attached hydrogens (tertiary/aromatic N) is 1. The number of benzene rings is 1. The second kappa shape index (κ2) is 4.37. The lowest BCUT2D eigenvalue weighted by Gasteiger charge is -2.03. The van der Waals surface area contributed by atoms with Crippen molar-refractivity contribution in [3.8, 4) is 0 Å². The lowest BCUT2D eigenvalue weighted by molar-refractivity contribution is 0.627. The van der Waals surface area contributed by atoms with Crippen LogP contribution in [0, 0.1) is 5.82 Å². The molecule has 2 N–H and O–H groups in total. The molecule has 0 saturated carbocycles. The Morgan fingerprint density at radius 2 is 2.31 bits per heavy atom. The Morgan fingerprint density at radius 3 is 2.92 bits per heavy atom. The highest BCUT2D eigenvalue weighted by molar-refractivity contribution is 9.10. The topological polar surface area (TPSA) is 38.4 Å². The Balaban J connectivity index is 3.13. The number of aliphatic imine (C=N–C) groups is 1. The molecule has 0 radical (unpaired) electrons. The number of hydrogen-bond acceptors (Lipinski definition) is 1. The molecule has 4 heteroatoms. The molecule has 0 spiro atoms. The maximum absolute atomic E-state index is 12.8. The van der Waals surface area contributed by atoms with E-state index in [9.17, 15) is 4.39 Å². The van der Waals surface area contributed by atoms with E-state index in [0.717, 1.165) is 4.47 Å². The molecule has 2 nitrogen and oxygen atoms in total. The minimum atomic E-state index is -0.313. The van der Waals surface area contributed by atoms with Crippen molar-refractivity contribution in [3.05, 3.63) is 34.1 Å². The van der Waals surface area contributed by atoms with Gasteiger partial charge in [0.1, 0.15) is 11.7 Å². The van der Waals surface area contributed by atoms with Crippen LogP contribution in [0.4, 0.5) is 4.39 Å². The van der Waals surface area contributed by atoms with E-state index in [-0.39, 0.29) is 5.82 Å². The fraction of sp³-hybridized carbons (Fsp3) is 0.222. The van der Waals surface area contributed by atoms with Gasteiger partial charge in [0.2, 0.25) is 0 Å². The molecule has 0 saturated heterocycles. The summed E-state index contributed by atoms with van der Waals surface area (Å²) in [5.41, 5.74) is 6.23. The van der Waals surface area contributed by atoms with E-state index in [2.05, 4.69) is 20.9 Å². The summed E-state index contributed by atoms with van der Waals surface area (Å²) < 4.78 is 13.6. The molecule has 1 rings (SSSR count). The van der Waals surface area contributed by atoms with E-state index in [1.54, 1.807) is 6.07 Å². The molecule has 0 heterocycles. The summed E-state index contributed by atoms with van der Waals surface area (Å²) in [4.78, 5) is 3.99. The predicted molar refractivity (Wildman–Crippen MR) is 55.4 cm³/mol. The SMILES string of the molecule is CCN=C(N)c1cc(F)ccc1Br. The summed E-state index contributed by atoms with van der Waals surface area (Å²) in [5.74, 6) is 0.0429. The van der Waals surface area contributed by atoms with Crippen LogP contribution >= 0.6 is 15.9 Å². The second-order valence-corrected chi connectivity index (χ2v) is 3.34. The van der Waals surface area contributed by atoms with E-state index in [1.165, 1.54) is 12.1 Å². The fourth-order valence-corrected chi connectivity index (χ4v) is 1.40. The Bertz CT molecular complexity index is 336. The van der Waals surface area contributed by atoms with Crippen molar-refractivity contribution in [1.29, 1.82) is 0 Å². The van der Waals surface area contributed by atoms with E-state index in [4.69, 9.17) is 5.73 Å². The third-order valence-electron chi connectivity index (χ3n) is 1.53. The van der Waals surface area contributed by atoms with E-state index in [0.29, 0.717) is 17.9 Å². The highest BCUT2D eigenvalue weighted by Gasteiger charge is 2.04. The van der Waals surface area contributed by atoms with Crippen LogP contribution < -0.4 is 5.73 Å². The molecule has 0 aliphatic carbocycles. The largest absolute Gasteiger partial charge is 0.383 e. The minimum absolute atomic E-state index is 0.313. The number of rotatable bonds is 2. The number of amidine groups is 1. The molecule has 0 aliphatic heterocycles. The Hall–Kier alpha value is -0.900. The lowest BCUT2D eigenvalue weighted by Crippen LogP contribution is -2.14. The molecule has 0 aliphatic rings. The number of halogens is 2. The zero-order chi connectivity index (χ0) is 9.84. The zero-order valence-electron chi connectivity index (χ0n) is 7.22. The normalized spacial score (nSPS) is 11.8. The minimum Gasteiger partial charge on any atom is -0.383 e. The fourth-order valence-electron chi connectivity index (χ4n) is 0.949. The van der Waals surface area contributed by atoms with Crippen LogP contribution in [0.3, 0.4) is 0 Å². The van der Waals surface area contributed by atoms with Gasteiger partial charge in [0.25, 0.3) is 0 Å². The van der Waals surface area contributed by atoms with Gasteiger partial charge in [0.15, 0.2) is 0 Å². The summed E-state index contributed by atoms with van der Waals surface area (Å²) in [6.07, 6.45) is 0. The van der Waals surface area contributed by atoms with Gasteiger partial charge < -0.3 is 5.73 Å². The Morgan fingerprint density at radius 1 is 1.62 bits per heavy atom. The third kappa shape index (κ3) is 2.52. The van der Waals surface area contributed by atoms with Crippen molar-refractivity contribution in [3.63, 3.8) is 0 Å². The van der Waals surface area contributed by atoms with E-state index >= 15 is 0 Å². The third-order valence-corrected chi connectivity index (χ3v) is 2.22. The molecule has 0 amide bonds. The molecule has 1 aromatic carbocycles. The van der Waals surface area contributed by atoms with Crippen molar-refractivity contribution in [2.75, 3.05) is 6.54 Å². The average Bonchev–Trinajstić information content (AvgIpc) is 2.09. The van der Waals surface area contributed by atoms with Gasteiger partial charge in [-0.25, -0.2) is 4.39 Å². The van der Waals surface area contributed by atoms with Gasteiger partial charge in [-0.1, -0.05) is 15.9 Å². The van der Waals surface area contributed by atoms with Crippen LogP contribution in [-0.4, -0.2) is 12.4 Å². The summed E-state index contributed by atoms with van der Waals surface area (Å²) in [6, 6.07) is 4.34. The molecular formula is C9H10BrFN2. The van der Waals surface area contributed by atoms with Gasteiger partial charge in [-0.05, 0) is 25.1 Å². The standard InChI is InChI=1S/C9H10BrFN2/c1-2-13-9(12)7-5-6(11)3-4-8(7)10/h3-5H,2H2,1H3,(H2,12,13). The summed E-state index contributed by atoms with van der Waals surface area (Å²) in [7, 11) is 0. The van der Waals surface area contributed by atoms with Crippen molar-refractivity contribution in [1.82, 2.24) is 0 Å². The van der Waals surface area contributed by atoms with E-state index < -0.39 is 0 Å². The smallest absolute Gasteiger partial charge is 0.126 e. The number of hydrogen-bond donors (Lipinski definition) is 1. The molecule has 0 bridgehead atoms. The molecule has 0 aromatic heterocycles. The predicted octanol–water partition coefficient (Wildman–Crippen LogP) is 2.31. The number of nitrogens with two attached hydrogens (primary N) is 1. The van der Waals surface area contributed by atoms with Crippen LogP contribution in [-0.2, 0) is 0 Å². The molecule has 1 aromatic rings. The summed E-state index contributed by atoms with van der Waals surface area (Å²) in [5, 5.41) is 0. The van der Waals surface area contributed by atoms with Gasteiger partial charge in [-0.2, -0.15) is 0 Å². The van der Waals surface area contributed by atoms with Gasteiger partial charge in [-0.15, -0.1) is 0 Å². The first-order valence-corrected chi connectivity index (χ1v) is 4.69. The zero-order valence-corrected chi connectivity index (χ0v) is 8.81. The second-order valence-electron chi connectivity index (χ2n) is 2.48. The summed E-state index contributed by atoms with van der Waals surface area (Å²) in [6.45, 7) is 2.47. The van der Waals surface area contributed by atoms with Crippen molar-refractivity contribution in [2.24, 2.45) is 10.7 Å². The van der Waals surface area contributed by atoms with Crippen LogP contribution in [0.25, 0.3) is 0 Å². The average molecular weight is 245 g/mol. The van der Waals surface area contributed by atoms with Crippen molar-refractivity contribution < 1.29 is 4.39 Å². The quantitative estimate of drug-likeness (QED) is 0.630. The molecule has 0 unspecified atom stereocenters. The molecule has 70 valence electrons. The van der Waals surface area contributed by atoms with Gasteiger partial charge >= 0.3 is 0 Å². The van der Waals surface area contributed by atoms with Gasteiger partial charge in [-0.3, -0.25) is 4.99 Å². The Labute approximate surface area is 84.8 Å². The van der Waals surface area contributed by atoms with Crippen LogP contribution in [0.1, 0.15) is 12.5 Å². The molecule has 0 fully saturated rings. The summed E-state index contributed by atoms with van der Waals surface area (Å²) >= 11 is 3.27. The molecule has 13 heavy (non-hydrogen) atoms. The monoisotopic (exact) mass is 244 g/mol. The van der Waals surface area contributed by atoms with Crippen LogP contribution in [0.5, 0.6) is 0 Å². The van der Waals surface area contributed by atoms with Crippen molar-refractivity contribution in [2.45, 2.75) is 6.92 Å². The molecule has 0 atom stereocenters. The molecular weight excluding hydrogens is 235 g/mol. The maximum atomic E-state index is 12.8. The lowest BCUT2D eigenvalue weighted by atomic mass is 10.2. The van der Waals surface area contributed by atoms with Gasteiger partial charge in [0, 0.05) is 16.6 Å². The highest BCUT2D eigenvalue weighted by Crippen LogP contribution is 2.17. The van der Waals surface area contributed by atoms with Crippen molar-refractivity contribution >= 4 is 21.8 Å². The van der Waals surface area contributed by atoms with Crippen LogP contribution in [0.15, 0.2) is 27.7 Å².